The lowest BCUT2D eigenvalue weighted by Crippen LogP contribution is -2.08. The van der Waals surface area contributed by atoms with Gasteiger partial charge in [-0.2, -0.15) is 0 Å². The molecule has 1 aromatic carbocycles. The van der Waals surface area contributed by atoms with Crippen molar-refractivity contribution in [2.24, 2.45) is 0 Å². The van der Waals surface area contributed by atoms with Crippen LogP contribution in [-0.2, 0) is 16.0 Å². The number of hydrogen-bond acceptors (Lipinski definition) is 4. The van der Waals surface area contributed by atoms with E-state index in [0.717, 1.165) is 22.2 Å². The number of H-pyrrole nitrogens is 1. The Morgan fingerprint density at radius 1 is 1.30 bits per heavy atom. The predicted molar refractivity (Wildman–Crippen MR) is 75.0 cm³/mol. The van der Waals surface area contributed by atoms with E-state index in [-0.39, 0.29) is 12.4 Å². The minimum atomic E-state index is -0.346. The molecule has 2 aromatic heterocycles. The van der Waals surface area contributed by atoms with Gasteiger partial charge in [-0.1, -0.05) is 18.2 Å². The van der Waals surface area contributed by atoms with Crippen LogP contribution >= 0.6 is 0 Å². The fourth-order valence-corrected chi connectivity index (χ4v) is 2.12. The molecular weight excluding hydrogens is 254 g/mol. The molecule has 3 rings (SSSR count). The topological polar surface area (TPSA) is 67.9 Å². The smallest absolute Gasteiger partial charge is 0.313 e. The van der Waals surface area contributed by atoms with E-state index in [9.17, 15) is 4.79 Å². The Morgan fingerprint density at radius 3 is 3.00 bits per heavy atom. The fourth-order valence-electron chi connectivity index (χ4n) is 2.12. The quantitative estimate of drug-likeness (QED) is 0.739. The number of hydrogen-bond donors (Lipinski definition) is 1. The third-order valence-electron chi connectivity index (χ3n) is 3.10. The highest BCUT2D eigenvalue weighted by Gasteiger charge is 2.10. The number of benzene rings is 1. The highest BCUT2D eigenvalue weighted by molar-refractivity contribution is 5.94. The van der Waals surface area contributed by atoms with Crippen molar-refractivity contribution < 1.29 is 9.53 Å². The van der Waals surface area contributed by atoms with Gasteiger partial charge in [0.05, 0.1) is 12.8 Å². The molecule has 5 nitrogen and oxygen atoms in total. The maximum absolute atomic E-state index is 11.3. The van der Waals surface area contributed by atoms with Crippen molar-refractivity contribution in [2.75, 3.05) is 7.11 Å². The largest absolute Gasteiger partial charge is 0.469 e. The molecule has 1 N–H and O–H groups in total. The molecule has 0 atom stereocenters. The Labute approximate surface area is 115 Å². The summed E-state index contributed by atoms with van der Waals surface area (Å²) in [6.45, 7) is 0. The van der Waals surface area contributed by atoms with E-state index >= 15 is 0 Å². The van der Waals surface area contributed by atoms with E-state index in [1.54, 1.807) is 6.20 Å². The highest BCUT2D eigenvalue weighted by atomic mass is 16.5. The van der Waals surface area contributed by atoms with E-state index in [2.05, 4.69) is 19.7 Å². The number of aromatic nitrogens is 3. The van der Waals surface area contributed by atoms with Gasteiger partial charge in [0, 0.05) is 28.9 Å². The zero-order valence-electron chi connectivity index (χ0n) is 11.0. The standard InChI is InChI=1S/C15H13N3O2/c1-20-15(19)8-14-16-7-6-13(18-14)11-9-17-12-5-3-2-4-10(11)12/h2-7,9,17H,8H2,1H3. The van der Waals surface area contributed by atoms with Crippen LogP contribution in [-0.4, -0.2) is 28.0 Å². The number of ether oxygens (including phenoxy) is 1. The van der Waals surface area contributed by atoms with Gasteiger partial charge in [-0.15, -0.1) is 0 Å². The van der Waals surface area contributed by atoms with Crippen LogP contribution in [0.25, 0.3) is 22.2 Å². The molecule has 0 amide bonds. The van der Waals surface area contributed by atoms with Crippen LogP contribution in [0.5, 0.6) is 0 Å². The van der Waals surface area contributed by atoms with Gasteiger partial charge in [0.1, 0.15) is 12.2 Å². The number of para-hydroxylation sites is 1. The minimum absolute atomic E-state index is 0.0761. The summed E-state index contributed by atoms with van der Waals surface area (Å²) in [6.07, 6.45) is 3.64. The van der Waals surface area contributed by atoms with Crippen LogP contribution < -0.4 is 0 Å². The molecule has 0 aliphatic heterocycles. The molecule has 0 spiro atoms. The lowest BCUT2D eigenvalue weighted by atomic mass is 10.1. The monoisotopic (exact) mass is 267 g/mol. The zero-order chi connectivity index (χ0) is 13.9. The number of carbonyl (C=O) groups is 1. The summed E-state index contributed by atoms with van der Waals surface area (Å²) in [5.41, 5.74) is 2.83. The lowest BCUT2D eigenvalue weighted by Gasteiger charge is -2.02. The molecule has 20 heavy (non-hydrogen) atoms. The van der Waals surface area contributed by atoms with Crippen LogP contribution in [0.15, 0.2) is 42.7 Å². The number of esters is 1. The average molecular weight is 267 g/mol. The molecule has 0 aliphatic rings. The number of carbonyl (C=O) groups excluding carboxylic acids is 1. The molecular formula is C15H13N3O2. The van der Waals surface area contributed by atoms with Gasteiger partial charge in [0.15, 0.2) is 0 Å². The Bertz CT molecular complexity index is 764. The Morgan fingerprint density at radius 2 is 2.15 bits per heavy atom. The molecule has 0 saturated heterocycles. The van der Waals surface area contributed by atoms with Crippen LogP contribution in [0.1, 0.15) is 5.82 Å². The SMILES string of the molecule is COC(=O)Cc1nccc(-c2c[nH]c3ccccc23)n1. The zero-order valence-corrected chi connectivity index (χ0v) is 11.0. The second-order valence-corrected chi connectivity index (χ2v) is 4.36. The molecule has 0 bridgehead atoms. The molecule has 2 heterocycles. The summed E-state index contributed by atoms with van der Waals surface area (Å²) in [7, 11) is 1.35. The molecule has 0 fully saturated rings. The second-order valence-electron chi connectivity index (χ2n) is 4.36. The van der Waals surface area contributed by atoms with Crippen LogP contribution in [0, 0.1) is 0 Å². The number of rotatable bonds is 3. The first-order valence-corrected chi connectivity index (χ1v) is 6.23. The maximum atomic E-state index is 11.3. The van der Waals surface area contributed by atoms with Crippen molar-refractivity contribution in [1.29, 1.82) is 0 Å². The third-order valence-corrected chi connectivity index (χ3v) is 3.10. The third kappa shape index (κ3) is 2.25. The second kappa shape index (κ2) is 5.13. The first-order valence-electron chi connectivity index (χ1n) is 6.23. The first-order chi connectivity index (χ1) is 9.78. The normalized spacial score (nSPS) is 10.7. The Hall–Kier alpha value is -2.69. The predicted octanol–water partition coefficient (Wildman–Crippen LogP) is 2.34. The summed E-state index contributed by atoms with van der Waals surface area (Å²) in [5.74, 6) is 0.112. The van der Waals surface area contributed by atoms with Gasteiger partial charge in [0.2, 0.25) is 0 Å². The summed E-state index contributed by atoms with van der Waals surface area (Å²) >= 11 is 0. The number of methoxy groups -OCH3 is 1. The van der Waals surface area contributed by atoms with Gasteiger partial charge < -0.3 is 9.72 Å². The minimum Gasteiger partial charge on any atom is -0.469 e. The van der Waals surface area contributed by atoms with E-state index in [4.69, 9.17) is 0 Å². The Kier molecular flexibility index (Phi) is 3.16. The molecule has 3 aromatic rings. The lowest BCUT2D eigenvalue weighted by molar-refractivity contribution is -0.139. The first kappa shape index (κ1) is 12.3. The number of aromatic amines is 1. The van der Waals surface area contributed by atoms with Crippen molar-refractivity contribution in [3.8, 4) is 11.3 Å². The number of nitrogens with one attached hydrogen (secondary N) is 1. The van der Waals surface area contributed by atoms with Crippen molar-refractivity contribution in [1.82, 2.24) is 15.0 Å². The average Bonchev–Trinajstić information content (AvgIpc) is 2.91. The highest BCUT2D eigenvalue weighted by Crippen LogP contribution is 2.26. The van der Waals surface area contributed by atoms with Gasteiger partial charge in [-0.3, -0.25) is 4.79 Å². The van der Waals surface area contributed by atoms with Gasteiger partial charge in [-0.25, -0.2) is 9.97 Å². The molecule has 0 saturated carbocycles. The van der Waals surface area contributed by atoms with Crippen LogP contribution in [0.3, 0.4) is 0 Å². The number of nitrogens with zero attached hydrogens (tertiary/aromatic N) is 2. The maximum Gasteiger partial charge on any atom is 0.313 e. The van der Waals surface area contributed by atoms with E-state index in [1.807, 2.05) is 36.5 Å². The Balaban J connectivity index is 2.02. The molecule has 5 heteroatoms. The van der Waals surface area contributed by atoms with Crippen molar-refractivity contribution in [3.05, 3.63) is 48.5 Å². The molecule has 100 valence electrons. The molecule has 0 aliphatic carbocycles. The van der Waals surface area contributed by atoms with E-state index in [0.29, 0.717) is 5.82 Å². The van der Waals surface area contributed by atoms with Crippen molar-refractivity contribution in [3.63, 3.8) is 0 Å². The van der Waals surface area contributed by atoms with Crippen LogP contribution in [0.2, 0.25) is 0 Å². The van der Waals surface area contributed by atoms with Gasteiger partial charge in [-0.05, 0) is 12.1 Å². The number of fused-ring (bicyclic) bond motifs is 1. The summed E-state index contributed by atoms with van der Waals surface area (Å²) in [5, 5.41) is 1.09. The van der Waals surface area contributed by atoms with Gasteiger partial charge >= 0.3 is 5.97 Å². The fraction of sp³-hybridized carbons (Fsp3) is 0.133. The van der Waals surface area contributed by atoms with Crippen molar-refractivity contribution in [2.45, 2.75) is 6.42 Å². The molecule has 0 unspecified atom stereocenters. The molecule has 0 radical (unpaired) electrons. The van der Waals surface area contributed by atoms with Gasteiger partial charge in [0.25, 0.3) is 0 Å². The summed E-state index contributed by atoms with van der Waals surface area (Å²) < 4.78 is 4.63. The summed E-state index contributed by atoms with van der Waals surface area (Å²) in [6, 6.07) is 9.83. The van der Waals surface area contributed by atoms with E-state index in [1.165, 1.54) is 7.11 Å². The van der Waals surface area contributed by atoms with E-state index < -0.39 is 0 Å². The summed E-state index contributed by atoms with van der Waals surface area (Å²) in [4.78, 5) is 23.0. The van der Waals surface area contributed by atoms with Crippen LogP contribution in [0.4, 0.5) is 0 Å². The van der Waals surface area contributed by atoms with Crippen molar-refractivity contribution >= 4 is 16.9 Å².